The maximum atomic E-state index is 15.4. The van der Waals surface area contributed by atoms with Crippen molar-refractivity contribution in [2.75, 3.05) is 6.26 Å². The van der Waals surface area contributed by atoms with E-state index in [-0.39, 0.29) is 53.1 Å². The number of halogens is 6. The number of ketones is 1. The first-order valence-electron chi connectivity index (χ1n) is 17.2. The Hall–Kier alpha value is -5.01. The summed E-state index contributed by atoms with van der Waals surface area (Å²) in [4.78, 5) is 23.2. The highest BCUT2D eigenvalue weighted by molar-refractivity contribution is 7.89. The summed E-state index contributed by atoms with van der Waals surface area (Å²) in [6.45, 7) is 7.70. The zero-order valence-electron chi connectivity index (χ0n) is 30.3. The number of rotatable bonds is 13. The number of allylic oxidation sites excluding steroid dienone is 4. The Labute approximate surface area is 313 Å². The molecule has 0 spiro atoms. The summed E-state index contributed by atoms with van der Waals surface area (Å²) in [6, 6.07) is 8.27. The number of aromatic nitrogens is 5. The predicted octanol–water partition coefficient (Wildman–Crippen LogP) is 7.74. The first-order valence-corrected chi connectivity index (χ1v) is 19.3. The Morgan fingerprint density at radius 3 is 2.55 bits per heavy atom. The number of sulfone groups is 1. The minimum absolute atomic E-state index is 0.00731. The van der Waals surface area contributed by atoms with Gasteiger partial charge in [0.2, 0.25) is 0 Å². The SMILES string of the molecule is C=C(/C=C(F)\C=C\F)C[C@H](CC(=O)Cn1nc(C(F)F)c2c1C(F)(F)[C@@H]1C[C@H]21)c1nc(C#CC(C)(C)O)ccc1-c1cccc2c(CS(C)(=O)=O)nc(C)n12. The van der Waals surface area contributed by atoms with Gasteiger partial charge >= 0.3 is 0 Å². The molecule has 2 aliphatic rings. The third-order valence-electron chi connectivity index (χ3n) is 9.43. The van der Waals surface area contributed by atoms with Crippen LogP contribution in [0.3, 0.4) is 0 Å². The van der Waals surface area contributed by atoms with Crippen molar-refractivity contribution < 1.29 is 44.7 Å². The molecule has 0 bridgehead atoms. The van der Waals surface area contributed by atoms with Gasteiger partial charge in [-0.25, -0.2) is 35.9 Å². The van der Waals surface area contributed by atoms with Crippen molar-refractivity contribution in [3.05, 3.63) is 107 Å². The van der Waals surface area contributed by atoms with E-state index in [0.29, 0.717) is 33.4 Å². The Balaban J connectivity index is 1.49. The molecule has 1 fully saturated rings. The van der Waals surface area contributed by atoms with Gasteiger partial charge in [0.1, 0.15) is 40.9 Å². The predicted molar refractivity (Wildman–Crippen MR) is 192 cm³/mol. The van der Waals surface area contributed by atoms with Gasteiger partial charge in [0.05, 0.1) is 34.7 Å². The lowest BCUT2D eigenvalue weighted by atomic mass is 9.87. The van der Waals surface area contributed by atoms with Gasteiger partial charge in [0.15, 0.2) is 15.6 Å². The van der Waals surface area contributed by atoms with Gasteiger partial charge in [0.25, 0.3) is 12.3 Å². The molecule has 3 atom stereocenters. The van der Waals surface area contributed by atoms with Crippen LogP contribution in [-0.4, -0.2) is 55.3 Å². The summed E-state index contributed by atoms with van der Waals surface area (Å²) in [5, 5.41) is 14.1. The lowest BCUT2D eigenvalue weighted by molar-refractivity contribution is -0.120. The van der Waals surface area contributed by atoms with E-state index in [0.717, 1.165) is 12.3 Å². The zero-order chi connectivity index (χ0) is 40.2. The molecule has 1 saturated carbocycles. The fourth-order valence-corrected chi connectivity index (χ4v) is 7.98. The normalized spacial score (nSPS) is 18.4. The highest BCUT2D eigenvalue weighted by Gasteiger charge is 2.67. The highest BCUT2D eigenvalue weighted by Crippen LogP contribution is 2.68. The molecule has 0 radical (unpaired) electrons. The Morgan fingerprint density at radius 1 is 1.16 bits per heavy atom. The molecular weight excluding hydrogens is 749 g/mol. The molecule has 55 heavy (non-hydrogen) atoms. The standard InChI is InChI=1S/C39H37F6N5O4S/c1-21(16-24(41)12-14-40)15-23(17-26(51)19-49-36-33(35(48-49)37(42)43)28-18-29(28)39(36,44)45)34-27(10-9-25(47-34)11-13-38(3,4)52)31-7-6-8-32-30(20-55(5,53)54)46-22(2)50(31)32/h6-10,12,14,16,23,28-29,37,52H,1,15,17-20H2,2-5H3/b14-12+,24-16+/t23-,28+,29-/m1/s1. The van der Waals surface area contributed by atoms with E-state index in [1.165, 1.54) is 13.8 Å². The summed E-state index contributed by atoms with van der Waals surface area (Å²) in [5.74, 6) is -2.50. The number of carbonyl (C=O) groups excluding carboxylic acids is 1. The van der Waals surface area contributed by atoms with Crippen molar-refractivity contribution in [3.63, 3.8) is 0 Å². The molecular formula is C39H37F6N5O4S. The molecule has 4 aromatic heterocycles. The van der Waals surface area contributed by atoms with Crippen molar-refractivity contribution in [3.8, 4) is 23.1 Å². The molecule has 0 amide bonds. The average Bonchev–Trinajstić information content (AvgIpc) is 3.63. The second-order valence-corrected chi connectivity index (χ2v) is 16.7. The van der Waals surface area contributed by atoms with Gasteiger partial charge in [-0.1, -0.05) is 24.1 Å². The quantitative estimate of drug-likeness (QED) is 0.0837. The number of nitrogens with zero attached hydrogens (tertiary/aromatic N) is 5. The molecule has 9 nitrogen and oxygen atoms in total. The molecule has 2 aliphatic carbocycles. The van der Waals surface area contributed by atoms with E-state index in [1.807, 2.05) is 0 Å². The summed E-state index contributed by atoms with van der Waals surface area (Å²) >= 11 is 0. The fourth-order valence-electron chi connectivity index (χ4n) is 7.27. The molecule has 4 heterocycles. The Bertz CT molecular complexity index is 2450. The summed E-state index contributed by atoms with van der Waals surface area (Å²) < 4.78 is 113. The Morgan fingerprint density at radius 2 is 1.89 bits per heavy atom. The van der Waals surface area contributed by atoms with Gasteiger partial charge in [-0.2, -0.15) is 13.9 Å². The molecule has 6 rings (SSSR count). The molecule has 4 aromatic rings. The van der Waals surface area contributed by atoms with Crippen LogP contribution >= 0.6 is 0 Å². The van der Waals surface area contributed by atoms with Gasteiger partial charge in [-0.15, -0.1) is 0 Å². The van der Waals surface area contributed by atoms with Crippen LogP contribution in [0.2, 0.25) is 0 Å². The first-order chi connectivity index (χ1) is 25.7. The number of hydrogen-bond acceptors (Lipinski definition) is 7. The fraction of sp³-hybridized carbons (Fsp3) is 0.385. The van der Waals surface area contributed by atoms with E-state index in [9.17, 15) is 35.9 Å². The van der Waals surface area contributed by atoms with Crippen molar-refractivity contribution in [2.45, 2.75) is 82.1 Å². The van der Waals surface area contributed by atoms with Crippen LogP contribution in [0.5, 0.6) is 0 Å². The van der Waals surface area contributed by atoms with Crippen LogP contribution in [-0.2, 0) is 32.9 Å². The van der Waals surface area contributed by atoms with Crippen LogP contribution in [0.25, 0.3) is 16.8 Å². The summed E-state index contributed by atoms with van der Waals surface area (Å²) in [7, 11) is -3.49. The van der Waals surface area contributed by atoms with Crippen LogP contribution in [0.4, 0.5) is 26.3 Å². The molecule has 0 aromatic carbocycles. The lowest BCUT2D eigenvalue weighted by Crippen LogP contribution is -2.24. The zero-order valence-corrected chi connectivity index (χ0v) is 31.1. The van der Waals surface area contributed by atoms with Gasteiger partial charge in [0, 0.05) is 41.7 Å². The molecule has 290 valence electrons. The van der Waals surface area contributed by atoms with E-state index < -0.39 is 81.5 Å². The number of fused-ring (bicyclic) bond motifs is 4. The third kappa shape index (κ3) is 8.33. The molecule has 0 unspecified atom stereocenters. The van der Waals surface area contributed by atoms with Crippen LogP contribution in [0.15, 0.2) is 66.8 Å². The first kappa shape index (κ1) is 39.7. The van der Waals surface area contributed by atoms with Crippen molar-refractivity contribution >= 4 is 21.1 Å². The van der Waals surface area contributed by atoms with E-state index in [2.05, 4.69) is 28.5 Å². The molecule has 16 heteroatoms. The van der Waals surface area contributed by atoms with Crippen LogP contribution in [0, 0.1) is 24.7 Å². The third-order valence-corrected chi connectivity index (χ3v) is 10.2. The maximum Gasteiger partial charge on any atom is 0.293 e. The number of carbonyl (C=O) groups is 1. The minimum Gasteiger partial charge on any atom is -0.378 e. The van der Waals surface area contributed by atoms with E-state index >= 15 is 8.78 Å². The molecule has 1 N–H and O–H groups in total. The lowest BCUT2D eigenvalue weighted by Gasteiger charge is -2.22. The second kappa shape index (κ2) is 14.6. The van der Waals surface area contributed by atoms with Gasteiger partial charge < -0.3 is 5.11 Å². The van der Waals surface area contributed by atoms with Gasteiger partial charge in [-0.05, 0) is 75.8 Å². The number of imidazole rings is 1. The number of alkyl halides is 4. The average molecular weight is 786 g/mol. The van der Waals surface area contributed by atoms with Gasteiger partial charge in [-0.3, -0.25) is 13.9 Å². The number of aryl methyl sites for hydroxylation is 1. The summed E-state index contributed by atoms with van der Waals surface area (Å²) in [6.07, 6.45) is -1.14. The topological polar surface area (TPSA) is 119 Å². The number of pyridine rings is 2. The second-order valence-electron chi connectivity index (χ2n) is 14.5. The monoisotopic (exact) mass is 785 g/mol. The maximum absolute atomic E-state index is 15.4. The van der Waals surface area contributed by atoms with Crippen molar-refractivity contribution in [1.29, 1.82) is 0 Å². The van der Waals surface area contributed by atoms with Crippen molar-refractivity contribution in [2.24, 2.45) is 5.92 Å². The largest absolute Gasteiger partial charge is 0.378 e. The van der Waals surface area contributed by atoms with E-state index in [4.69, 9.17) is 4.98 Å². The van der Waals surface area contributed by atoms with Crippen LogP contribution in [0.1, 0.15) is 91.2 Å². The number of hydrogen-bond donors (Lipinski definition) is 1. The summed E-state index contributed by atoms with van der Waals surface area (Å²) in [5.41, 5.74) is -1.05. The van der Waals surface area contributed by atoms with E-state index in [1.54, 1.807) is 41.7 Å². The molecule has 0 aliphatic heterocycles. The minimum atomic E-state index is -3.49. The Kier molecular flexibility index (Phi) is 10.5. The molecule has 0 saturated heterocycles. The smallest absolute Gasteiger partial charge is 0.293 e. The highest BCUT2D eigenvalue weighted by atomic mass is 32.2. The van der Waals surface area contributed by atoms with Crippen molar-refractivity contribution in [1.82, 2.24) is 24.1 Å². The number of aliphatic hydroxyl groups is 1. The van der Waals surface area contributed by atoms with Crippen LogP contribution < -0.4 is 0 Å². The number of Topliss-reactive ketones (excluding diaryl/α,β-unsaturated/α-hetero) is 1.